The standard InChI is InChI=1S/C16H19NO3S/c18-14(4-1-2-6-16(19)17-20)12-7-9-13(10-8-12)15-5-3-11-21-15/h3,5,7-11,14,18,20H,1-2,4,6H2,(H,17,19). The van der Waals surface area contributed by atoms with Gasteiger partial charge in [-0.1, -0.05) is 36.8 Å². The number of unbranched alkanes of at least 4 members (excludes halogenated alkanes) is 1. The Labute approximate surface area is 128 Å². The van der Waals surface area contributed by atoms with Crippen LogP contribution in [0.25, 0.3) is 10.4 Å². The largest absolute Gasteiger partial charge is 0.388 e. The second kappa shape index (κ2) is 7.93. The van der Waals surface area contributed by atoms with Crippen molar-refractivity contribution in [3.8, 4) is 10.4 Å². The van der Waals surface area contributed by atoms with Gasteiger partial charge in [0.25, 0.3) is 0 Å². The predicted octanol–water partition coefficient (Wildman–Crippen LogP) is 3.51. The van der Waals surface area contributed by atoms with Crippen LogP contribution in [0.1, 0.15) is 37.4 Å². The molecule has 0 spiro atoms. The molecule has 1 amide bonds. The number of hydroxylamine groups is 1. The molecule has 1 unspecified atom stereocenters. The second-order valence-corrected chi connectivity index (χ2v) is 5.84. The minimum atomic E-state index is -0.514. The number of hydrogen-bond acceptors (Lipinski definition) is 4. The van der Waals surface area contributed by atoms with E-state index in [2.05, 4.69) is 6.07 Å². The molecule has 0 saturated carbocycles. The van der Waals surface area contributed by atoms with Gasteiger partial charge in [-0.15, -0.1) is 11.3 Å². The van der Waals surface area contributed by atoms with Gasteiger partial charge in [0.15, 0.2) is 0 Å². The molecular weight excluding hydrogens is 286 g/mol. The number of carbonyl (C=O) groups is 1. The lowest BCUT2D eigenvalue weighted by atomic mass is 10.0. The third-order valence-electron chi connectivity index (χ3n) is 3.36. The number of thiophene rings is 1. The number of amides is 1. The molecule has 1 aromatic carbocycles. The normalized spacial score (nSPS) is 12.1. The van der Waals surface area contributed by atoms with Crippen molar-refractivity contribution in [1.29, 1.82) is 0 Å². The highest BCUT2D eigenvalue weighted by molar-refractivity contribution is 7.13. The van der Waals surface area contributed by atoms with E-state index >= 15 is 0 Å². The van der Waals surface area contributed by atoms with E-state index in [9.17, 15) is 9.90 Å². The Morgan fingerprint density at radius 1 is 1.19 bits per heavy atom. The number of benzene rings is 1. The lowest BCUT2D eigenvalue weighted by molar-refractivity contribution is -0.129. The molecule has 112 valence electrons. The Bertz CT molecular complexity index is 551. The third kappa shape index (κ3) is 4.67. The molecule has 2 rings (SSSR count). The summed E-state index contributed by atoms with van der Waals surface area (Å²) < 4.78 is 0. The number of hydrogen-bond donors (Lipinski definition) is 3. The molecule has 0 radical (unpaired) electrons. The summed E-state index contributed by atoms with van der Waals surface area (Å²) in [6, 6.07) is 12.0. The number of aliphatic hydroxyl groups excluding tert-OH is 1. The molecule has 3 N–H and O–H groups in total. The fraction of sp³-hybridized carbons (Fsp3) is 0.312. The molecule has 1 atom stereocenters. The van der Waals surface area contributed by atoms with Crippen LogP contribution in [0, 0.1) is 0 Å². The Morgan fingerprint density at radius 3 is 2.57 bits per heavy atom. The van der Waals surface area contributed by atoms with E-state index in [4.69, 9.17) is 5.21 Å². The average Bonchev–Trinajstić information content (AvgIpc) is 3.05. The highest BCUT2D eigenvalue weighted by atomic mass is 32.1. The maximum absolute atomic E-state index is 10.9. The molecule has 0 fully saturated rings. The number of nitrogens with one attached hydrogen (secondary N) is 1. The van der Waals surface area contributed by atoms with Crippen molar-refractivity contribution in [2.45, 2.75) is 31.8 Å². The topological polar surface area (TPSA) is 69.6 Å². The zero-order chi connectivity index (χ0) is 15.1. The van der Waals surface area contributed by atoms with Gasteiger partial charge in [-0.3, -0.25) is 10.0 Å². The van der Waals surface area contributed by atoms with E-state index in [-0.39, 0.29) is 12.3 Å². The minimum absolute atomic E-state index is 0.278. The first kappa shape index (κ1) is 15.7. The molecule has 1 aromatic heterocycles. The molecule has 2 aromatic rings. The van der Waals surface area contributed by atoms with Gasteiger partial charge in [-0.2, -0.15) is 0 Å². The first-order chi connectivity index (χ1) is 10.2. The second-order valence-electron chi connectivity index (χ2n) is 4.90. The molecule has 0 aliphatic heterocycles. The molecule has 0 saturated heterocycles. The van der Waals surface area contributed by atoms with Crippen LogP contribution in [0.15, 0.2) is 41.8 Å². The van der Waals surface area contributed by atoms with E-state index < -0.39 is 6.10 Å². The summed E-state index contributed by atoms with van der Waals surface area (Å²) in [7, 11) is 0. The minimum Gasteiger partial charge on any atom is -0.388 e. The monoisotopic (exact) mass is 305 g/mol. The van der Waals surface area contributed by atoms with Gasteiger partial charge in [0.1, 0.15) is 0 Å². The van der Waals surface area contributed by atoms with Crippen molar-refractivity contribution in [1.82, 2.24) is 5.48 Å². The Hall–Kier alpha value is -1.69. The van der Waals surface area contributed by atoms with Crippen molar-refractivity contribution in [3.63, 3.8) is 0 Å². The number of rotatable bonds is 7. The van der Waals surface area contributed by atoms with Crippen LogP contribution in [0.3, 0.4) is 0 Å². The summed E-state index contributed by atoms with van der Waals surface area (Å²) in [5, 5.41) is 20.5. The van der Waals surface area contributed by atoms with Crippen LogP contribution in [0.5, 0.6) is 0 Å². The van der Waals surface area contributed by atoms with Crippen molar-refractivity contribution in [2.75, 3.05) is 0 Å². The smallest absolute Gasteiger partial charge is 0.243 e. The summed E-state index contributed by atoms with van der Waals surface area (Å²) in [4.78, 5) is 12.1. The van der Waals surface area contributed by atoms with E-state index in [1.54, 1.807) is 16.8 Å². The van der Waals surface area contributed by atoms with Crippen LogP contribution < -0.4 is 5.48 Å². The van der Waals surface area contributed by atoms with Crippen molar-refractivity contribution in [2.24, 2.45) is 0 Å². The van der Waals surface area contributed by atoms with Crippen molar-refractivity contribution < 1.29 is 15.1 Å². The Balaban J connectivity index is 1.82. The quantitative estimate of drug-likeness (QED) is 0.416. The number of aliphatic hydroxyl groups is 1. The maximum Gasteiger partial charge on any atom is 0.243 e. The van der Waals surface area contributed by atoms with Crippen LogP contribution in [0.2, 0.25) is 0 Å². The van der Waals surface area contributed by atoms with Gasteiger partial charge in [-0.05, 0) is 35.4 Å². The van der Waals surface area contributed by atoms with Crippen molar-refractivity contribution >= 4 is 17.2 Å². The molecule has 5 heteroatoms. The maximum atomic E-state index is 10.9. The van der Waals surface area contributed by atoms with Gasteiger partial charge in [0, 0.05) is 11.3 Å². The van der Waals surface area contributed by atoms with E-state index in [0.29, 0.717) is 12.8 Å². The molecule has 21 heavy (non-hydrogen) atoms. The fourth-order valence-corrected chi connectivity index (χ4v) is 2.89. The van der Waals surface area contributed by atoms with Crippen LogP contribution in [0.4, 0.5) is 0 Å². The van der Waals surface area contributed by atoms with Gasteiger partial charge in [0.2, 0.25) is 5.91 Å². The SMILES string of the molecule is O=C(CCCCC(O)c1ccc(-c2cccs2)cc1)NO. The zero-order valence-corrected chi connectivity index (χ0v) is 12.5. The summed E-state index contributed by atoms with van der Waals surface area (Å²) in [5.74, 6) is -0.384. The highest BCUT2D eigenvalue weighted by Gasteiger charge is 2.08. The lowest BCUT2D eigenvalue weighted by Crippen LogP contribution is -2.17. The lowest BCUT2D eigenvalue weighted by Gasteiger charge is -2.11. The molecule has 0 bridgehead atoms. The van der Waals surface area contributed by atoms with Crippen molar-refractivity contribution in [3.05, 3.63) is 47.3 Å². The Morgan fingerprint density at radius 2 is 1.95 bits per heavy atom. The van der Waals surface area contributed by atoms with Crippen LogP contribution in [-0.4, -0.2) is 16.2 Å². The van der Waals surface area contributed by atoms with Gasteiger partial charge in [0.05, 0.1) is 6.10 Å². The van der Waals surface area contributed by atoms with Crippen LogP contribution in [-0.2, 0) is 4.79 Å². The molecule has 0 aliphatic carbocycles. The highest BCUT2D eigenvalue weighted by Crippen LogP contribution is 2.27. The molecular formula is C16H19NO3S. The van der Waals surface area contributed by atoms with E-state index in [1.165, 1.54) is 4.88 Å². The zero-order valence-electron chi connectivity index (χ0n) is 11.7. The summed E-state index contributed by atoms with van der Waals surface area (Å²) in [6.45, 7) is 0. The fourth-order valence-electron chi connectivity index (χ4n) is 2.16. The predicted molar refractivity (Wildman–Crippen MR) is 83.1 cm³/mol. The van der Waals surface area contributed by atoms with E-state index in [0.717, 1.165) is 17.5 Å². The average molecular weight is 305 g/mol. The molecule has 1 heterocycles. The van der Waals surface area contributed by atoms with Crippen LogP contribution >= 0.6 is 11.3 Å². The van der Waals surface area contributed by atoms with Gasteiger partial charge < -0.3 is 5.11 Å². The summed E-state index contributed by atoms with van der Waals surface area (Å²) in [5.41, 5.74) is 3.65. The first-order valence-electron chi connectivity index (χ1n) is 6.95. The Kier molecular flexibility index (Phi) is 5.92. The first-order valence-corrected chi connectivity index (χ1v) is 7.83. The summed E-state index contributed by atoms with van der Waals surface area (Å²) in [6.07, 6.45) is 1.76. The third-order valence-corrected chi connectivity index (χ3v) is 4.28. The number of carbonyl (C=O) groups excluding carboxylic acids is 1. The molecule has 4 nitrogen and oxygen atoms in total. The van der Waals surface area contributed by atoms with E-state index in [1.807, 2.05) is 35.7 Å². The summed E-state index contributed by atoms with van der Waals surface area (Å²) >= 11 is 1.69. The van der Waals surface area contributed by atoms with Gasteiger partial charge in [-0.25, -0.2) is 5.48 Å². The van der Waals surface area contributed by atoms with Gasteiger partial charge >= 0.3 is 0 Å². The molecule has 0 aliphatic rings.